The third-order valence-corrected chi connectivity index (χ3v) is 0.924. The molecule has 0 atom stereocenters. The van der Waals surface area contributed by atoms with Gasteiger partial charge in [0.2, 0.25) is 0 Å². The van der Waals surface area contributed by atoms with Gasteiger partial charge in [0.15, 0.2) is 0 Å². The van der Waals surface area contributed by atoms with Gasteiger partial charge in [-0.25, -0.2) is 0 Å². The van der Waals surface area contributed by atoms with E-state index >= 15 is 0 Å². The minimum Gasteiger partial charge on any atom is -0.396 e. The van der Waals surface area contributed by atoms with Crippen LogP contribution in [0.15, 0.2) is 10.4 Å². The van der Waals surface area contributed by atoms with Gasteiger partial charge in [0.05, 0.1) is 13.1 Å². The summed E-state index contributed by atoms with van der Waals surface area (Å²) in [4.78, 5) is 19.1. The Bertz CT molecular complexity index is 85.8. The predicted octanol–water partition coefficient (Wildman–Crippen LogP) is 0.128. The summed E-state index contributed by atoms with van der Waals surface area (Å²) in [6.45, 7) is -0.290. The van der Waals surface area contributed by atoms with E-state index < -0.39 is 0 Å². The molecule has 0 saturated carbocycles. The number of nitrogens with zero attached hydrogens (tertiary/aromatic N) is 2. The molecule has 0 aromatic heterocycles. The van der Waals surface area contributed by atoms with Crippen LogP contribution in [0.1, 0.15) is 0 Å². The first-order valence-electron chi connectivity index (χ1n) is 2.54. The molecule has 0 aliphatic carbocycles. The number of aliphatic hydroxyl groups is 1. The summed E-state index contributed by atoms with van der Waals surface area (Å²) in [6.07, 6.45) is 0. The molecule has 9 heavy (non-hydrogen) atoms. The number of nitroso groups, excluding NO2 is 2. The van der Waals surface area contributed by atoms with Gasteiger partial charge in [-0.1, -0.05) is 10.4 Å². The Balaban J connectivity index is 3.39. The Kier molecular flexibility index (Phi) is 4.81. The maximum atomic E-state index is 9.54. The summed E-state index contributed by atoms with van der Waals surface area (Å²) < 4.78 is 0. The summed E-state index contributed by atoms with van der Waals surface area (Å²) in [5.41, 5.74) is 0. The first-order valence-corrected chi connectivity index (χ1v) is 2.54. The monoisotopic (exact) mass is 132 g/mol. The van der Waals surface area contributed by atoms with Crippen LogP contribution in [0.3, 0.4) is 0 Å². The van der Waals surface area contributed by atoms with Crippen molar-refractivity contribution in [1.29, 1.82) is 0 Å². The van der Waals surface area contributed by atoms with Gasteiger partial charge in [0.25, 0.3) is 0 Å². The zero-order valence-corrected chi connectivity index (χ0v) is 4.86. The van der Waals surface area contributed by atoms with Crippen molar-refractivity contribution in [3.05, 3.63) is 9.81 Å². The average molecular weight is 132 g/mol. The Morgan fingerprint density at radius 1 is 1.22 bits per heavy atom. The molecule has 0 amide bonds. The van der Waals surface area contributed by atoms with E-state index in [9.17, 15) is 9.81 Å². The Morgan fingerprint density at radius 2 is 1.67 bits per heavy atom. The summed E-state index contributed by atoms with van der Waals surface area (Å²) in [7, 11) is 0. The summed E-state index contributed by atoms with van der Waals surface area (Å²) in [6, 6.07) is 0. The van der Waals surface area contributed by atoms with Crippen molar-refractivity contribution in [1.82, 2.24) is 0 Å². The quantitative estimate of drug-likeness (QED) is 0.540. The molecule has 0 fully saturated rings. The topological polar surface area (TPSA) is 79.1 Å². The largest absolute Gasteiger partial charge is 0.396 e. The third kappa shape index (κ3) is 3.72. The van der Waals surface area contributed by atoms with Crippen molar-refractivity contribution in [2.45, 2.75) is 0 Å². The Hall–Kier alpha value is -0.840. The van der Waals surface area contributed by atoms with Crippen LogP contribution >= 0.6 is 0 Å². The highest BCUT2D eigenvalue weighted by atomic mass is 16.3. The number of rotatable bonds is 5. The summed E-state index contributed by atoms with van der Waals surface area (Å²) >= 11 is 0. The molecule has 5 nitrogen and oxygen atoms in total. The molecular weight excluding hydrogens is 124 g/mol. The van der Waals surface area contributed by atoms with Gasteiger partial charge < -0.3 is 5.11 Å². The predicted molar refractivity (Wildman–Crippen MR) is 31.9 cm³/mol. The standard InChI is InChI=1S/C4H8N2O3/c7-3-4(1-5-8)2-6-9/h4,7H,1-3H2. The molecule has 0 aliphatic heterocycles. The van der Waals surface area contributed by atoms with Crippen molar-refractivity contribution in [3.63, 3.8) is 0 Å². The molecule has 0 aromatic rings. The van der Waals surface area contributed by atoms with Crippen LogP contribution in [0.25, 0.3) is 0 Å². The molecule has 0 spiro atoms. The van der Waals surface area contributed by atoms with Crippen LogP contribution < -0.4 is 0 Å². The van der Waals surface area contributed by atoms with E-state index in [1.165, 1.54) is 0 Å². The molecule has 0 bridgehead atoms. The zero-order chi connectivity index (χ0) is 7.11. The number of aliphatic hydroxyl groups excluding tert-OH is 1. The molecular formula is C4H8N2O3. The third-order valence-electron chi connectivity index (χ3n) is 0.924. The van der Waals surface area contributed by atoms with Crippen molar-refractivity contribution in [2.24, 2.45) is 16.3 Å². The van der Waals surface area contributed by atoms with Crippen LogP contribution in [0, 0.1) is 15.7 Å². The zero-order valence-electron chi connectivity index (χ0n) is 4.86. The lowest BCUT2D eigenvalue weighted by Gasteiger charge is -2.01. The highest BCUT2D eigenvalue weighted by Crippen LogP contribution is 1.95. The van der Waals surface area contributed by atoms with E-state index in [1.54, 1.807) is 0 Å². The van der Waals surface area contributed by atoms with E-state index in [2.05, 4.69) is 10.4 Å². The Labute approximate surface area is 52.0 Å². The van der Waals surface area contributed by atoms with Crippen molar-refractivity contribution < 1.29 is 5.11 Å². The fraction of sp³-hybridized carbons (Fsp3) is 1.00. The average Bonchev–Trinajstić information content (AvgIpc) is 1.88. The fourth-order valence-corrected chi connectivity index (χ4v) is 0.384. The normalized spacial score (nSPS) is 9.56. The van der Waals surface area contributed by atoms with Gasteiger partial charge in [0.1, 0.15) is 0 Å². The van der Waals surface area contributed by atoms with Gasteiger partial charge in [-0.2, -0.15) is 9.81 Å². The summed E-state index contributed by atoms with van der Waals surface area (Å²) in [5.74, 6) is -0.389. The first-order chi connectivity index (χ1) is 4.35. The van der Waals surface area contributed by atoms with E-state index in [4.69, 9.17) is 5.11 Å². The second-order valence-corrected chi connectivity index (χ2v) is 1.67. The second-order valence-electron chi connectivity index (χ2n) is 1.67. The minimum atomic E-state index is -0.389. The number of hydrogen-bond acceptors (Lipinski definition) is 5. The molecule has 0 aromatic carbocycles. The van der Waals surface area contributed by atoms with Gasteiger partial charge in [-0.3, -0.25) is 0 Å². The minimum absolute atomic E-state index is 0.0394. The van der Waals surface area contributed by atoms with Gasteiger partial charge >= 0.3 is 0 Å². The SMILES string of the molecule is O=NCC(CO)CN=O. The maximum Gasteiger partial charge on any atom is 0.0880 e. The molecule has 0 unspecified atom stereocenters. The molecule has 1 N–H and O–H groups in total. The molecule has 0 rings (SSSR count). The van der Waals surface area contributed by atoms with E-state index in [1.807, 2.05) is 0 Å². The molecule has 5 heteroatoms. The van der Waals surface area contributed by atoms with Gasteiger partial charge in [0, 0.05) is 12.5 Å². The molecule has 0 aliphatic rings. The number of hydrogen-bond donors (Lipinski definition) is 1. The van der Waals surface area contributed by atoms with Crippen LogP contribution in [0.4, 0.5) is 0 Å². The highest BCUT2D eigenvalue weighted by molar-refractivity contribution is 4.61. The highest BCUT2D eigenvalue weighted by Gasteiger charge is 2.05. The fourth-order valence-electron chi connectivity index (χ4n) is 0.384. The smallest absolute Gasteiger partial charge is 0.0880 e. The maximum absolute atomic E-state index is 9.54. The van der Waals surface area contributed by atoms with Gasteiger partial charge in [-0.15, -0.1) is 0 Å². The van der Waals surface area contributed by atoms with Crippen molar-refractivity contribution in [2.75, 3.05) is 19.7 Å². The van der Waals surface area contributed by atoms with Crippen LogP contribution in [0.5, 0.6) is 0 Å². The Morgan fingerprint density at radius 3 is 1.89 bits per heavy atom. The van der Waals surface area contributed by atoms with Gasteiger partial charge in [-0.05, 0) is 0 Å². The molecule has 0 heterocycles. The van der Waals surface area contributed by atoms with Crippen molar-refractivity contribution >= 4 is 0 Å². The molecule has 0 radical (unpaired) electrons. The van der Waals surface area contributed by atoms with Crippen LogP contribution in [0.2, 0.25) is 0 Å². The second kappa shape index (κ2) is 5.30. The first kappa shape index (κ1) is 8.16. The van der Waals surface area contributed by atoms with E-state index in [0.717, 1.165) is 0 Å². The lowest BCUT2D eigenvalue weighted by molar-refractivity contribution is 0.234. The van der Waals surface area contributed by atoms with Crippen LogP contribution in [-0.4, -0.2) is 24.8 Å². The van der Waals surface area contributed by atoms with Crippen LogP contribution in [-0.2, 0) is 0 Å². The van der Waals surface area contributed by atoms with E-state index in [0.29, 0.717) is 0 Å². The van der Waals surface area contributed by atoms with Crippen molar-refractivity contribution in [3.8, 4) is 0 Å². The summed E-state index contributed by atoms with van der Waals surface area (Å²) in [5, 5.41) is 13.4. The lowest BCUT2D eigenvalue weighted by Crippen LogP contribution is -2.12. The lowest BCUT2D eigenvalue weighted by atomic mass is 10.2. The molecule has 0 saturated heterocycles. The molecule has 52 valence electrons. The van der Waals surface area contributed by atoms with E-state index in [-0.39, 0.29) is 25.6 Å².